The van der Waals surface area contributed by atoms with Crippen LogP contribution in [0, 0.1) is 12.3 Å². The van der Waals surface area contributed by atoms with E-state index >= 15 is 0 Å². The van der Waals surface area contributed by atoms with Crippen LogP contribution in [0.25, 0.3) is 0 Å². The van der Waals surface area contributed by atoms with Gasteiger partial charge in [-0.3, -0.25) is 14.3 Å². The van der Waals surface area contributed by atoms with Gasteiger partial charge >= 0.3 is 5.69 Å². The zero-order valence-corrected chi connectivity index (χ0v) is 9.20. The van der Waals surface area contributed by atoms with Crippen molar-refractivity contribution in [1.82, 2.24) is 9.55 Å². The SMILES string of the molecule is C#CCC(C)Nc1c(N)n(C)c(=O)[nH]c1=O. The molecular formula is C10H14N4O2. The molecule has 6 heteroatoms. The van der Waals surface area contributed by atoms with E-state index in [1.807, 2.05) is 6.92 Å². The Bertz CT molecular complexity index is 535. The van der Waals surface area contributed by atoms with Crippen LogP contribution in [0.2, 0.25) is 0 Å². The zero-order chi connectivity index (χ0) is 12.3. The van der Waals surface area contributed by atoms with E-state index in [1.165, 1.54) is 7.05 Å². The molecule has 86 valence electrons. The summed E-state index contributed by atoms with van der Waals surface area (Å²) in [5.41, 5.74) is 4.75. The standard InChI is InChI=1S/C10H14N4O2/c1-4-5-6(2)12-7-8(11)14(3)10(16)13-9(7)15/h1,6,12H,5,11H2,2-3H3,(H,13,15,16). The number of terminal acetylenes is 1. The molecule has 0 aliphatic carbocycles. The smallest absolute Gasteiger partial charge is 0.329 e. The molecule has 0 amide bonds. The number of nitrogens with two attached hydrogens (primary N) is 1. The molecule has 6 nitrogen and oxygen atoms in total. The first kappa shape index (κ1) is 11.9. The van der Waals surface area contributed by atoms with Crippen LogP contribution < -0.4 is 22.3 Å². The average Bonchev–Trinajstić information content (AvgIpc) is 2.22. The summed E-state index contributed by atoms with van der Waals surface area (Å²) < 4.78 is 1.16. The van der Waals surface area contributed by atoms with Crippen molar-refractivity contribution in [3.05, 3.63) is 20.8 Å². The molecular weight excluding hydrogens is 208 g/mol. The van der Waals surface area contributed by atoms with Crippen LogP contribution >= 0.6 is 0 Å². The van der Waals surface area contributed by atoms with Gasteiger partial charge in [0.25, 0.3) is 5.56 Å². The molecule has 0 aliphatic heterocycles. The fraction of sp³-hybridized carbons (Fsp3) is 0.400. The molecule has 0 aliphatic rings. The van der Waals surface area contributed by atoms with Gasteiger partial charge in [-0.15, -0.1) is 12.3 Å². The Hall–Kier alpha value is -2.16. The maximum Gasteiger partial charge on any atom is 0.329 e. The minimum Gasteiger partial charge on any atom is -0.383 e. The highest BCUT2D eigenvalue weighted by Gasteiger charge is 2.11. The summed E-state index contributed by atoms with van der Waals surface area (Å²) in [6.45, 7) is 1.82. The van der Waals surface area contributed by atoms with E-state index in [0.29, 0.717) is 6.42 Å². The number of aromatic nitrogens is 2. The molecule has 0 fully saturated rings. The van der Waals surface area contributed by atoms with Crippen LogP contribution in [0.4, 0.5) is 11.5 Å². The van der Waals surface area contributed by atoms with Crippen LogP contribution in [0.15, 0.2) is 9.59 Å². The normalized spacial score (nSPS) is 11.8. The predicted molar refractivity (Wildman–Crippen MR) is 63.3 cm³/mol. The summed E-state index contributed by atoms with van der Waals surface area (Å²) in [7, 11) is 1.48. The molecule has 0 aromatic carbocycles. The molecule has 1 aromatic rings. The molecule has 0 saturated carbocycles. The first-order chi connectivity index (χ1) is 7.47. The highest BCUT2D eigenvalue weighted by Crippen LogP contribution is 2.10. The van der Waals surface area contributed by atoms with Crippen molar-refractivity contribution >= 4 is 11.5 Å². The van der Waals surface area contributed by atoms with Gasteiger partial charge in [-0.2, -0.15) is 0 Å². The lowest BCUT2D eigenvalue weighted by atomic mass is 10.2. The van der Waals surface area contributed by atoms with Crippen LogP contribution in [0.5, 0.6) is 0 Å². The molecule has 0 saturated heterocycles. The minimum absolute atomic E-state index is 0.0918. The van der Waals surface area contributed by atoms with Crippen molar-refractivity contribution in [2.24, 2.45) is 7.05 Å². The van der Waals surface area contributed by atoms with Gasteiger partial charge in [-0.25, -0.2) is 4.79 Å². The second-order valence-corrected chi connectivity index (χ2v) is 3.53. The van der Waals surface area contributed by atoms with Gasteiger partial charge in [0.1, 0.15) is 11.5 Å². The molecule has 4 N–H and O–H groups in total. The second-order valence-electron chi connectivity index (χ2n) is 3.53. The van der Waals surface area contributed by atoms with Crippen LogP contribution in [-0.2, 0) is 7.05 Å². The predicted octanol–water partition coefficient (Wildman–Crippen LogP) is -0.520. The van der Waals surface area contributed by atoms with E-state index in [0.717, 1.165) is 4.57 Å². The molecule has 0 spiro atoms. The number of nitrogens with zero attached hydrogens (tertiary/aromatic N) is 1. The molecule has 1 atom stereocenters. The quantitative estimate of drug-likeness (QED) is 0.600. The van der Waals surface area contributed by atoms with E-state index in [9.17, 15) is 9.59 Å². The van der Waals surface area contributed by atoms with E-state index < -0.39 is 11.2 Å². The lowest BCUT2D eigenvalue weighted by Gasteiger charge is -2.14. The van der Waals surface area contributed by atoms with E-state index in [4.69, 9.17) is 12.2 Å². The van der Waals surface area contributed by atoms with Crippen molar-refractivity contribution in [3.63, 3.8) is 0 Å². The summed E-state index contributed by atoms with van der Waals surface area (Å²) in [6, 6.07) is -0.0918. The van der Waals surface area contributed by atoms with E-state index in [-0.39, 0.29) is 17.5 Å². The lowest BCUT2D eigenvalue weighted by Crippen LogP contribution is -2.34. The zero-order valence-electron chi connectivity index (χ0n) is 9.20. The molecule has 1 unspecified atom stereocenters. The average molecular weight is 222 g/mol. The van der Waals surface area contributed by atoms with Crippen molar-refractivity contribution in [2.75, 3.05) is 11.1 Å². The van der Waals surface area contributed by atoms with Crippen molar-refractivity contribution < 1.29 is 0 Å². The Labute approximate surface area is 92.5 Å². The maximum absolute atomic E-state index is 11.5. The van der Waals surface area contributed by atoms with Crippen LogP contribution in [0.1, 0.15) is 13.3 Å². The first-order valence-electron chi connectivity index (χ1n) is 4.76. The number of H-pyrrole nitrogens is 1. The van der Waals surface area contributed by atoms with Crippen LogP contribution in [-0.4, -0.2) is 15.6 Å². The fourth-order valence-electron chi connectivity index (χ4n) is 1.25. The van der Waals surface area contributed by atoms with Crippen molar-refractivity contribution in [2.45, 2.75) is 19.4 Å². The highest BCUT2D eigenvalue weighted by atomic mass is 16.2. The van der Waals surface area contributed by atoms with Crippen LogP contribution in [0.3, 0.4) is 0 Å². The van der Waals surface area contributed by atoms with Crippen molar-refractivity contribution in [1.29, 1.82) is 0 Å². The molecule has 1 rings (SSSR count). The number of hydrogen-bond acceptors (Lipinski definition) is 4. The Kier molecular flexibility index (Phi) is 3.40. The third-order valence-electron chi connectivity index (χ3n) is 2.18. The van der Waals surface area contributed by atoms with Crippen molar-refractivity contribution in [3.8, 4) is 12.3 Å². The van der Waals surface area contributed by atoms with Gasteiger partial charge in [0.15, 0.2) is 0 Å². The van der Waals surface area contributed by atoms with Gasteiger partial charge in [0.2, 0.25) is 0 Å². The number of aromatic amines is 1. The third-order valence-corrected chi connectivity index (χ3v) is 2.18. The maximum atomic E-state index is 11.5. The monoisotopic (exact) mass is 222 g/mol. The number of hydrogen-bond donors (Lipinski definition) is 3. The number of nitrogens with one attached hydrogen (secondary N) is 2. The highest BCUT2D eigenvalue weighted by molar-refractivity contribution is 5.60. The van der Waals surface area contributed by atoms with Gasteiger partial charge < -0.3 is 11.1 Å². The number of nitrogen functional groups attached to an aromatic ring is 1. The summed E-state index contributed by atoms with van der Waals surface area (Å²) in [5.74, 6) is 2.56. The topological polar surface area (TPSA) is 92.9 Å². The van der Waals surface area contributed by atoms with Gasteiger partial charge in [0, 0.05) is 19.5 Å². The van der Waals surface area contributed by atoms with E-state index in [1.54, 1.807) is 0 Å². The Morgan fingerprint density at radius 3 is 2.81 bits per heavy atom. The Morgan fingerprint density at radius 1 is 1.62 bits per heavy atom. The van der Waals surface area contributed by atoms with Gasteiger partial charge in [-0.05, 0) is 6.92 Å². The summed E-state index contributed by atoms with van der Waals surface area (Å²) >= 11 is 0. The molecule has 1 heterocycles. The number of anilines is 2. The summed E-state index contributed by atoms with van der Waals surface area (Å²) in [4.78, 5) is 24.8. The summed E-state index contributed by atoms with van der Waals surface area (Å²) in [6.07, 6.45) is 5.61. The fourth-order valence-corrected chi connectivity index (χ4v) is 1.25. The van der Waals surface area contributed by atoms with Gasteiger partial charge in [0.05, 0.1) is 0 Å². The minimum atomic E-state index is -0.544. The third kappa shape index (κ3) is 2.25. The summed E-state index contributed by atoms with van der Waals surface area (Å²) in [5, 5.41) is 2.88. The van der Waals surface area contributed by atoms with E-state index in [2.05, 4.69) is 16.2 Å². The molecule has 16 heavy (non-hydrogen) atoms. The largest absolute Gasteiger partial charge is 0.383 e. The molecule has 1 aromatic heterocycles. The molecule has 0 radical (unpaired) electrons. The van der Waals surface area contributed by atoms with Gasteiger partial charge in [-0.1, -0.05) is 0 Å². The first-order valence-corrected chi connectivity index (χ1v) is 4.76. The Balaban J connectivity index is 3.16. The second kappa shape index (κ2) is 4.57. The lowest BCUT2D eigenvalue weighted by molar-refractivity contribution is 0.788. The number of rotatable bonds is 3. The Morgan fingerprint density at radius 2 is 2.25 bits per heavy atom. The molecule has 0 bridgehead atoms.